The lowest BCUT2D eigenvalue weighted by Crippen LogP contribution is -2.21. The molecular formula is C8H15N3O. The third-order valence-corrected chi connectivity index (χ3v) is 2.16. The van der Waals surface area contributed by atoms with Gasteiger partial charge in [0.25, 0.3) is 0 Å². The van der Waals surface area contributed by atoms with Crippen molar-refractivity contribution in [2.24, 2.45) is 19.8 Å². The van der Waals surface area contributed by atoms with E-state index in [0.717, 1.165) is 5.69 Å². The number of rotatable bonds is 2. The zero-order valence-corrected chi connectivity index (χ0v) is 7.74. The zero-order valence-electron chi connectivity index (χ0n) is 7.74. The minimum Gasteiger partial charge on any atom is -0.330 e. The van der Waals surface area contributed by atoms with Crippen LogP contribution in [0.25, 0.3) is 0 Å². The highest BCUT2D eigenvalue weighted by Gasteiger charge is 2.10. The Morgan fingerprint density at radius 3 is 2.50 bits per heavy atom. The molecule has 0 fully saturated rings. The molecule has 0 bridgehead atoms. The Hall–Kier alpha value is -1.03. The van der Waals surface area contributed by atoms with Crippen molar-refractivity contribution in [1.29, 1.82) is 0 Å². The predicted molar refractivity (Wildman–Crippen MR) is 48.1 cm³/mol. The zero-order chi connectivity index (χ0) is 9.30. The number of hydrogen-bond donors (Lipinski definition) is 1. The van der Waals surface area contributed by atoms with Crippen molar-refractivity contribution < 1.29 is 0 Å². The van der Waals surface area contributed by atoms with E-state index < -0.39 is 0 Å². The maximum absolute atomic E-state index is 11.3. The van der Waals surface area contributed by atoms with E-state index in [1.165, 1.54) is 0 Å². The standard InChI is InChI=1S/C8H15N3O/c1-6(4-9)7-5-10(2)8(12)11(7)3/h5-6H,4,9H2,1-3H3. The van der Waals surface area contributed by atoms with Crippen molar-refractivity contribution in [2.75, 3.05) is 6.54 Å². The first-order valence-electron chi connectivity index (χ1n) is 4.00. The van der Waals surface area contributed by atoms with Gasteiger partial charge in [0.05, 0.1) is 0 Å². The molecular weight excluding hydrogens is 154 g/mol. The topological polar surface area (TPSA) is 52.9 Å². The first-order valence-corrected chi connectivity index (χ1v) is 4.00. The number of nitrogens with two attached hydrogens (primary N) is 1. The van der Waals surface area contributed by atoms with Crippen LogP contribution in [0.1, 0.15) is 18.5 Å². The van der Waals surface area contributed by atoms with E-state index in [-0.39, 0.29) is 11.6 Å². The number of aryl methyl sites for hydroxylation is 1. The van der Waals surface area contributed by atoms with E-state index in [2.05, 4.69) is 0 Å². The molecule has 4 heteroatoms. The maximum Gasteiger partial charge on any atom is 0.327 e. The van der Waals surface area contributed by atoms with Crippen molar-refractivity contribution >= 4 is 0 Å². The first kappa shape index (κ1) is 9.06. The summed E-state index contributed by atoms with van der Waals surface area (Å²) in [6, 6.07) is 0. The largest absolute Gasteiger partial charge is 0.330 e. The fraction of sp³-hybridized carbons (Fsp3) is 0.625. The number of nitrogens with zero attached hydrogens (tertiary/aromatic N) is 2. The fourth-order valence-electron chi connectivity index (χ4n) is 1.27. The summed E-state index contributed by atoms with van der Waals surface area (Å²) >= 11 is 0. The Kier molecular flexibility index (Phi) is 2.38. The van der Waals surface area contributed by atoms with Crippen LogP contribution in [0.15, 0.2) is 11.0 Å². The molecule has 1 aromatic rings. The molecule has 0 aliphatic carbocycles. The van der Waals surface area contributed by atoms with Crippen LogP contribution in [-0.4, -0.2) is 15.7 Å². The van der Waals surface area contributed by atoms with Gasteiger partial charge >= 0.3 is 5.69 Å². The monoisotopic (exact) mass is 169 g/mol. The van der Waals surface area contributed by atoms with Gasteiger partial charge in [-0.2, -0.15) is 0 Å². The molecule has 0 saturated heterocycles. The second kappa shape index (κ2) is 3.15. The molecule has 0 aliphatic heterocycles. The molecule has 1 atom stereocenters. The average Bonchev–Trinajstić information content (AvgIpc) is 2.32. The number of imidazole rings is 1. The van der Waals surface area contributed by atoms with Gasteiger partial charge in [0.15, 0.2) is 0 Å². The average molecular weight is 169 g/mol. The predicted octanol–water partition coefficient (Wildman–Crippen LogP) is -0.214. The molecule has 0 amide bonds. The van der Waals surface area contributed by atoms with E-state index in [1.807, 2.05) is 13.1 Å². The van der Waals surface area contributed by atoms with Crippen LogP contribution in [-0.2, 0) is 14.1 Å². The summed E-state index contributed by atoms with van der Waals surface area (Å²) in [6.07, 6.45) is 1.83. The molecule has 0 aliphatic rings. The van der Waals surface area contributed by atoms with Gasteiger partial charge in [-0.1, -0.05) is 6.92 Å². The number of hydrogen-bond acceptors (Lipinski definition) is 2. The quantitative estimate of drug-likeness (QED) is 0.665. The van der Waals surface area contributed by atoms with Gasteiger partial charge in [-0.25, -0.2) is 4.79 Å². The second-order valence-electron chi connectivity index (χ2n) is 3.14. The second-order valence-corrected chi connectivity index (χ2v) is 3.14. The lowest BCUT2D eigenvalue weighted by molar-refractivity contribution is 0.679. The van der Waals surface area contributed by atoms with Crippen LogP contribution >= 0.6 is 0 Å². The molecule has 68 valence electrons. The van der Waals surface area contributed by atoms with Crippen LogP contribution < -0.4 is 11.4 Å². The van der Waals surface area contributed by atoms with E-state index >= 15 is 0 Å². The third kappa shape index (κ3) is 1.30. The molecule has 0 saturated carbocycles. The van der Waals surface area contributed by atoms with E-state index in [9.17, 15) is 4.79 Å². The van der Waals surface area contributed by atoms with Gasteiger partial charge in [0, 0.05) is 38.4 Å². The van der Waals surface area contributed by atoms with Crippen LogP contribution in [0.5, 0.6) is 0 Å². The molecule has 0 aromatic carbocycles. The summed E-state index contributed by atoms with van der Waals surface area (Å²) in [6.45, 7) is 2.58. The van der Waals surface area contributed by atoms with E-state index in [4.69, 9.17) is 5.73 Å². The van der Waals surface area contributed by atoms with E-state index in [0.29, 0.717) is 6.54 Å². The summed E-state index contributed by atoms with van der Waals surface area (Å²) in [4.78, 5) is 11.3. The molecule has 1 unspecified atom stereocenters. The Bertz CT molecular complexity index is 324. The first-order chi connectivity index (χ1) is 5.57. The van der Waals surface area contributed by atoms with Crippen LogP contribution in [0.2, 0.25) is 0 Å². The normalized spacial score (nSPS) is 13.3. The highest BCUT2D eigenvalue weighted by atomic mass is 16.1. The van der Waals surface area contributed by atoms with Crippen molar-refractivity contribution in [1.82, 2.24) is 9.13 Å². The van der Waals surface area contributed by atoms with Gasteiger partial charge in [0.1, 0.15) is 0 Å². The third-order valence-electron chi connectivity index (χ3n) is 2.16. The molecule has 12 heavy (non-hydrogen) atoms. The Morgan fingerprint density at radius 2 is 2.17 bits per heavy atom. The van der Waals surface area contributed by atoms with Crippen molar-refractivity contribution in [2.45, 2.75) is 12.8 Å². The molecule has 4 nitrogen and oxygen atoms in total. The van der Waals surface area contributed by atoms with Crippen LogP contribution in [0.4, 0.5) is 0 Å². The highest BCUT2D eigenvalue weighted by molar-refractivity contribution is 5.06. The molecule has 0 spiro atoms. The van der Waals surface area contributed by atoms with Gasteiger partial charge in [0.2, 0.25) is 0 Å². The van der Waals surface area contributed by atoms with Gasteiger partial charge in [-0.15, -0.1) is 0 Å². The van der Waals surface area contributed by atoms with Gasteiger partial charge in [-0.3, -0.25) is 4.57 Å². The van der Waals surface area contributed by atoms with E-state index in [1.54, 1.807) is 23.2 Å². The minimum absolute atomic E-state index is 0.00491. The molecule has 0 radical (unpaired) electrons. The molecule has 2 N–H and O–H groups in total. The molecule has 1 rings (SSSR count). The van der Waals surface area contributed by atoms with Gasteiger partial charge in [-0.05, 0) is 0 Å². The smallest absolute Gasteiger partial charge is 0.327 e. The summed E-state index contributed by atoms with van der Waals surface area (Å²) in [5, 5.41) is 0. The summed E-state index contributed by atoms with van der Waals surface area (Å²) in [5.41, 5.74) is 6.50. The number of aromatic nitrogens is 2. The summed E-state index contributed by atoms with van der Waals surface area (Å²) in [5.74, 6) is 0.240. The molecule has 1 aromatic heterocycles. The SMILES string of the molecule is CC(CN)c1cn(C)c(=O)n1C. The van der Waals surface area contributed by atoms with Crippen molar-refractivity contribution in [3.63, 3.8) is 0 Å². The Balaban J connectivity index is 3.18. The summed E-state index contributed by atoms with van der Waals surface area (Å²) in [7, 11) is 3.51. The lowest BCUT2D eigenvalue weighted by Gasteiger charge is -2.07. The molecule has 1 heterocycles. The summed E-state index contributed by atoms with van der Waals surface area (Å²) < 4.78 is 3.21. The van der Waals surface area contributed by atoms with Gasteiger partial charge < -0.3 is 10.3 Å². The highest BCUT2D eigenvalue weighted by Crippen LogP contribution is 2.09. The lowest BCUT2D eigenvalue weighted by atomic mass is 10.1. The maximum atomic E-state index is 11.3. The minimum atomic E-state index is 0.00491. The van der Waals surface area contributed by atoms with Crippen LogP contribution in [0, 0.1) is 0 Å². The van der Waals surface area contributed by atoms with Crippen molar-refractivity contribution in [3.05, 3.63) is 22.4 Å². The Labute approximate surface area is 71.6 Å². The van der Waals surface area contributed by atoms with Crippen molar-refractivity contribution in [3.8, 4) is 0 Å². The van der Waals surface area contributed by atoms with Crippen LogP contribution in [0.3, 0.4) is 0 Å². The Morgan fingerprint density at radius 1 is 1.58 bits per heavy atom. The fourth-order valence-corrected chi connectivity index (χ4v) is 1.27.